The molecule has 2 unspecified atom stereocenters. The Kier molecular flexibility index (Phi) is 3.74. The van der Waals surface area contributed by atoms with Gasteiger partial charge >= 0.3 is 0 Å². The summed E-state index contributed by atoms with van der Waals surface area (Å²) in [6.07, 6.45) is 3.47. The first kappa shape index (κ1) is 13.6. The average molecular weight is 275 g/mol. The summed E-state index contributed by atoms with van der Waals surface area (Å²) < 4.78 is 15.7. The fourth-order valence-corrected chi connectivity index (χ4v) is 3.21. The van der Waals surface area contributed by atoms with Crippen molar-refractivity contribution in [2.75, 3.05) is 6.54 Å². The number of halogens is 1. The maximum Gasteiger partial charge on any atom is 0.127 e. The second kappa shape index (κ2) is 5.52. The molecule has 1 N–H and O–H groups in total. The molecule has 2 aromatic rings. The summed E-state index contributed by atoms with van der Waals surface area (Å²) in [4.78, 5) is 4.78. The Morgan fingerprint density at radius 1 is 1.45 bits per heavy atom. The van der Waals surface area contributed by atoms with Gasteiger partial charge in [0.2, 0.25) is 0 Å². The van der Waals surface area contributed by atoms with Crippen LogP contribution in [0, 0.1) is 11.7 Å². The van der Waals surface area contributed by atoms with Crippen LogP contribution in [0.4, 0.5) is 4.39 Å². The lowest BCUT2D eigenvalue weighted by molar-refractivity contribution is 0.288. The minimum atomic E-state index is -0.189. The number of nitrogens with zero attached hydrogens (tertiary/aromatic N) is 2. The number of aryl methyl sites for hydroxylation is 1. The van der Waals surface area contributed by atoms with E-state index in [1.807, 2.05) is 0 Å². The molecule has 1 aromatic heterocycles. The maximum atomic E-state index is 13.5. The van der Waals surface area contributed by atoms with Crippen LogP contribution in [0.1, 0.15) is 45.0 Å². The van der Waals surface area contributed by atoms with Crippen molar-refractivity contribution in [3.8, 4) is 0 Å². The van der Waals surface area contributed by atoms with Crippen molar-refractivity contribution in [2.24, 2.45) is 5.92 Å². The van der Waals surface area contributed by atoms with Gasteiger partial charge in [0.05, 0.1) is 17.1 Å². The van der Waals surface area contributed by atoms with Crippen LogP contribution in [-0.4, -0.2) is 16.1 Å². The van der Waals surface area contributed by atoms with E-state index in [2.05, 4.69) is 23.7 Å². The molecule has 0 spiro atoms. The fraction of sp³-hybridized carbons (Fsp3) is 0.562. The van der Waals surface area contributed by atoms with Gasteiger partial charge < -0.3 is 9.88 Å². The minimum absolute atomic E-state index is 0.189. The van der Waals surface area contributed by atoms with Gasteiger partial charge in [0.1, 0.15) is 11.6 Å². The van der Waals surface area contributed by atoms with Crippen LogP contribution in [-0.2, 0) is 6.54 Å². The summed E-state index contributed by atoms with van der Waals surface area (Å²) in [6.45, 7) is 6.35. The Morgan fingerprint density at radius 3 is 3.05 bits per heavy atom. The van der Waals surface area contributed by atoms with Crippen LogP contribution in [0.25, 0.3) is 11.0 Å². The molecule has 1 aliphatic rings. The van der Waals surface area contributed by atoms with Gasteiger partial charge in [-0.3, -0.25) is 0 Å². The highest BCUT2D eigenvalue weighted by Crippen LogP contribution is 2.31. The average Bonchev–Trinajstić information content (AvgIpc) is 2.78. The Labute approximate surface area is 119 Å². The molecule has 0 aliphatic carbocycles. The number of fused-ring (bicyclic) bond motifs is 1. The third kappa shape index (κ3) is 2.33. The first-order valence-electron chi connectivity index (χ1n) is 7.59. The number of benzene rings is 1. The normalized spacial score (nSPS) is 23.4. The van der Waals surface area contributed by atoms with Crippen molar-refractivity contribution in [3.05, 3.63) is 29.8 Å². The molecule has 4 heteroatoms. The van der Waals surface area contributed by atoms with E-state index in [0.29, 0.717) is 5.92 Å². The second-order valence-electron chi connectivity index (χ2n) is 5.81. The minimum Gasteiger partial charge on any atom is -0.327 e. The highest BCUT2D eigenvalue weighted by Gasteiger charge is 2.27. The quantitative estimate of drug-likeness (QED) is 0.926. The summed E-state index contributed by atoms with van der Waals surface area (Å²) in [5.74, 6) is 1.45. The lowest BCUT2D eigenvalue weighted by atomic mass is 9.92. The van der Waals surface area contributed by atoms with Crippen molar-refractivity contribution >= 4 is 11.0 Å². The van der Waals surface area contributed by atoms with Gasteiger partial charge in [0.15, 0.2) is 0 Å². The van der Waals surface area contributed by atoms with E-state index in [-0.39, 0.29) is 11.9 Å². The van der Waals surface area contributed by atoms with E-state index in [0.717, 1.165) is 36.4 Å². The molecule has 1 aromatic carbocycles. The van der Waals surface area contributed by atoms with E-state index < -0.39 is 0 Å². The SMILES string of the molecule is CCCn1c(C2NCCCC2C)nc2ccc(F)cc21. The van der Waals surface area contributed by atoms with Gasteiger partial charge in [-0.05, 0) is 49.9 Å². The van der Waals surface area contributed by atoms with Gasteiger partial charge in [0, 0.05) is 6.54 Å². The third-order valence-electron chi connectivity index (χ3n) is 4.23. The largest absolute Gasteiger partial charge is 0.327 e. The van der Waals surface area contributed by atoms with E-state index in [4.69, 9.17) is 4.98 Å². The van der Waals surface area contributed by atoms with Crippen LogP contribution in [0.5, 0.6) is 0 Å². The molecule has 0 bridgehead atoms. The second-order valence-corrected chi connectivity index (χ2v) is 5.81. The number of rotatable bonds is 3. The van der Waals surface area contributed by atoms with Gasteiger partial charge in [-0.2, -0.15) is 0 Å². The van der Waals surface area contributed by atoms with Gasteiger partial charge in [-0.25, -0.2) is 9.37 Å². The Balaban J connectivity index is 2.10. The Hall–Kier alpha value is -1.42. The molecule has 2 atom stereocenters. The van der Waals surface area contributed by atoms with E-state index >= 15 is 0 Å². The molecule has 0 radical (unpaired) electrons. The molecule has 1 fully saturated rings. The van der Waals surface area contributed by atoms with Crippen LogP contribution >= 0.6 is 0 Å². The summed E-state index contributed by atoms with van der Waals surface area (Å²) in [6, 6.07) is 5.17. The molecule has 1 aliphatic heterocycles. The van der Waals surface area contributed by atoms with Gasteiger partial charge in [0.25, 0.3) is 0 Å². The monoisotopic (exact) mass is 275 g/mol. The highest BCUT2D eigenvalue weighted by molar-refractivity contribution is 5.76. The predicted molar refractivity (Wildman–Crippen MR) is 79.1 cm³/mol. The first-order valence-corrected chi connectivity index (χ1v) is 7.59. The zero-order chi connectivity index (χ0) is 14.1. The Morgan fingerprint density at radius 2 is 2.30 bits per heavy atom. The third-order valence-corrected chi connectivity index (χ3v) is 4.23. The van der Waals surface area contributed by atoms with E-state index in [1.165, 1.54) is 18.9 Å². The van der Waals surface area contributed by atoms with Crippen molar-refractivity contribution in [1.82, 2.24) is 14.9 Å². The molecule has 2 heterocycles. The van der Waals surface area contributed by atoms with Crippen LogP contribution in [0.15, 0.2) is 18.2 Å². The highest BCUT2D eigenvalue weighted by atomic mass is 19.1. The molecule has 20 heavy (non-hydrogen) atoms. The summed E-state index contributed by atoms with van der Waals surface area (Å²) in [7, 11) is 0. The zero-order valence-corrected chi connectivity index (χ0v) is 12.2. The topological polar surface area (TPSA) is 29.9 Å². The van der Waals surface area contributed by atoms with E-state index in [1.54, 1.807) is 12.1 Å². The standard InChI is InChI=1S/C16H22FN3/c1-3-9-20-14-10-12(17)6-7-13(14)19-16(20)15-11(2)5-4-8-18-15/h6-7,10-11,15,18H,3-5,8-9H2,1-2H3. The molecule has 3 rings (SSSR count). The zero-order valence-electron chi connectivity index (χ0n) is 12.2. The number of hydrogen-bond donors (Lipinski definition) is 1. The van der Waals surface area contributed by atoms with Crippen LogP contribution < -0.4 is 5.32 Å². The summed E-state index contributed by atoms with van der Waals surface area (Å²) in [5, 5.41) is 3.58. The van der Waals surface area contributed by atoms with Crippen LogP contribution in [0.3, 0.4) is 0 Å². The maximum absolute atomic E-state index is 13.5. The molecular formula is C16H22FN3. The molecular weight excluding hydrogens is 253 g/mol. The van der Waals surface area contributed by atoms with Crippen molar-refractivity contribution < 1.29 is 4.39 Å². The van der Waals surface area contributed by atoms with Gasteiger partial charge in [-0.1, -0.05) is 13.8 Å². The van der Waals surface area contributed by atoms with E-state index in [9.17, 15) is 4.39 Å². The summed E-state index contributed by atoms with van der Waals surface area (Å²) in [5.41, 5.74) is 1.82. The van der Waals surface area contributed by atoms with Crippen molar-refractivity contribution in [3.63, 3.8) is 0 Å². The molecule has 3 nitrogen and oxygen atoms in total. The van der Waals surface area contributed by atoms with Crippen LogP contribution in [0.2, 0.25) is 0 Å². The van der Waals surface area contributed by atoms with Crippen molar-refractivity contribution in [1.29, 1.82) is 0 Å². The Bertz CT molecular complexity index is 605. The summed E-state index contributed by atoms with van der Waals surface area (Å²) >= 11 is 0. The predicted octanol–water partition coefficient (Wildman–Crippen LogP) is 3.65. The molecule has 1 saturated heterocycles. The molecule has 0 saturated carbocycles. The number of aromatic nitrogens is 2. The number of piperidine rings is 1. The number of nitrogens with one attached hydrogen (secondary N) is 1. The number of imidazole rings is 1. The lowest BCUT2D eigenvalue weighted by Crippen LogP contribution is -2.34. The number of hydrogen-bond acceptors (Lipinski definition) is 2. The van der Waals surface area contributed by atoms with Crippen molar-refractivity contribution in [2.45, 2.75) is 45.7 Å². The fourth-order valence-electron chi connectivity index (χ4n) is 3.21. The lowest BCUT2D eigenvalue weighted by Gasteiger charge is -2.30. The smallest absolute Gasteiger partial charge is 0.127 e. The van der Waals surface area contributed by atoms with Gasteiger partial charge in [-0.15, -0.1) is 0 Å². The first-order chi connectivity index (χ1) is 9.70. The molecule has 0 amide bonds. The molecule has 108 valence electrons.